The zero-order chi connectivity index (χ0) is 12.7. The number of rotatable bonds is 6. The normalized spacial score (nSPS) is 11.7. The Morgan fingerprint density at radius 2 is 1.94 bits per heavy atom. The van der Waals surface area contributed by atoms with Crippen LogP contribution >= 0.6 is 0 Å². The monoisotopic (exact) mass is 238 g/mol. The molecule has 0 aliphatic rings. The Morgan fingerprint density at radius 1 is 1.35 bits per heavy atom. The Balaban J connectivity index is 2.49. The van der Waals surface area contributed by atoms with Gasteiger partial charge in [0.15, 0.2) is 6.10 Å². The maximum Gasteiger partial charge on any atom is 0.260 e. The van der Waals surface area contributed by atoms with Crippen LogP contribution in [0.15, 0.2) is 24.3 Å². The largest absolute Gasteiger partial charge is 0.497 e. The van der Waals surface area contributed by atoms with Crippen molar-refractivity contribution < 1.29 is 14.3 Å². The van der Waals surface area contributed by atoms with E-state index in [2.05, 4.69) is 5.32 Å². The number of nitrogens with two attached hydrogens (primary N) is 1. The highest BCUT2D eigenvalue weighted by Crippen LogP contribution is 2.18. The highest BCUT2D eigenvalue weighted by Gasteiger charge is 2.13. The van der Waals surface area contributed by atoms with Crippen molar-refractivity contribution >= 4 is 5.91 Å². The van der Waals surface area contributed by atoms with Crippen LogP contribution in [0.4, 0.5) is 0 Å². The van der Waals surface area contributed by atoms with Gasteiger partial charge >= 0.3 is 0 Å². The zero-order valence-corrected chi connectivity index (χ0v) is 10.1. The smallest absolute Gasteiger partial charge is 0.260 e. The molecule has 0 aliphatic carbocycles. The second-order valence-electron chi connectivity index (χ2n) is 3.52. The number of carbonyl (C=O) groups is 1. The van der Waals surface area contributed by atoms with E-state index >= 15 is 0 Å². The molecule has 0 bridgehead atoms. The predicted octanol–water partition coefficient (Wildman–Crippen LogP) is 0.537. The molecule has 1 atom stereocenters. The first-order valence-corrected chi connectivity index (χ1v) is 5.46. The number of amides is 1. The van der Waals surface area contributed by atoms with Crippen molar-refractivity contribution in [3.63, 3.8) is 0 Å². The molecule has 1 aromatic carbocycles. The molecule has 3 N–H and O–H groups in total. The van der Waals surface area contributed by atoms with E-state index in [0.717, 1.165) is 5.75 Å². The highest BCUT2D eigenvalue weighted by molar-refractivity contribution is 5.80. The van der Waals surface area contributed by atoms with Gasteiger partial charge in [-0.15, -0.1) is 0 Å². The summed E-state index contributed by atoms with van der Waals surface area (Å²) in [4.78, 5) is 11.5. The summed E-state index contributed by atoms with van der Waals surface area (Å²) in [5.74, 6) is 1.20. The van der Waals surface area contributed by atoms with Gasteiger partial charge in [0.05, 0.1) is 7.11 Å². The van der Waals surface area contributed by atoms with Crippen molar-refractivity contribution in [3.05, 3.63) is 24.3 Å². The Kier molecular flexibility index (Phi) is 5.29. The van der Waals surface area contributed by atoms with E-state index in [1.807, 2.05) is 0 Å². The van der Waals surface area contributed by atoms with Crippen LogP contribution in [-0.2, 0) is 4.79 Å². The Labute approximate surface area is 101 Å². The summed E-state index contributed by atoms with van der Waals surface area (Å²) in [7, 11) is 1.60. The highest BCUT2D eigenvalue weighted by atomic mass is 16.5. The number of carbonyl (C=O) groups excluding carboxylic acids is 1. The molecule has 0 aliphatic heterocycles. The van der Waals surface area contributed by atoms with Crippen LogP contribution in [0.2, 0.25) is 0 Å². The molecule has 1 unspecified atom stereocenters. The van der Waals surface area contributed by atoms with Crippen LogP contribution in [0.25, 0.3) is 0 Å². The van der Waals surface area contributed by atoms with Gasteiger partial charge in [0, 0.05) is 13.1 Å². The summed E-state index contributed by atoms with van der Waals surface area (Å²) >= 11 is 0. The third-order valence-electron chi connectivity index (χ3n) is 2.19. The summed E-state index contributed by atoms with van der Waals surface area (Å²) in [6.45, 7) is 2.56. The van der Waals surface area contributed by atoms with Gasteiger partial charge in [0.2, 0.25) is 0 Å². The second kappa shape index (κ2) is 6.75. The van der Waals surface area contributed by atoms with Gasteiger partial charge in [-0.3, -0.25) is 4.79 Å². The van der Waals surface area contributed by atoms with E-state index in [1.54, 1.807) is 38.3 Å². The van der Waals surface area contributed by atoms with Crippen LogP contribution in [0, 0.1) is 0 Å². The van der Waals surface area contributed by atoms with Crippen molar-refractivity contribution in [2.24, 2.45) is 5.73 Å². The van der Waals surface area contributed by atoms with Crippen molar-refractivity contribution in [1.82, 2.24) is 5.32 Å². The first-order valence-electron chi connectivity index (χ1n) is 5.46. The third-order valence-corrected chi connectivity index (χ3v) is 2.19. The van der Waals surface area contributed by atoms with Crippen LogP contribution in [0.3, 0.4) is 0 Å². The van der Waals surface area contributed by atoms with Crippen molar-refractivity contribution in [1.29, 1.82) is 0 Å². The van der Waals surface area contributed by atoms with Crippen LogP contribution in [0.5, 0.6) is 11.5 Å². The van der Waals surface area contributed by atoms with Gasteiger partial charge in [-0.25, -0.2) is 0 Å². The number of methoxy groups -OCH3 is 1. The standard InChI is InChI=1S/C12H18N2O3/c1-9(12(15)14-8-7-13)17-11-5-3-10(16-2)4-6-11/h3-6,9H,7-8,13H2,1-2H3,(H,14,15). The van der Waals surface area contributed by atoms with E-state index in [4.69, 9.17) is 15.2 Å². The average molecular weight is 238 g/mol. The fourth-order valence-corrected chi connectivity index (χ4v) is 1.25. The lowest BCUT2D eigenvalue weighted by atomic mass is 10.3. The second-order valence-corrected chi connectivity index (χ2v) is 3.52. The lowest BCUT2D eigenvalue weighted by Crippen LogP contribution is -2.38. The van der Waals surface area contributed by atoms with Crippen molar-refractivity contribution in [3.8, 4) is 11.5 Å². The van der Waals surface area contributed by atoms with Crippen molar-refractivity contribution in [2.45, 2.75) is 13.0 Å². The molecule has 0 saturated heterocycles. The Hall–Kier alpha value is -1.75. The number of hydrogen-bond acceptors (Lipinski definition) is 4. The molecular formula is C12H18N2O3. The molecular weight excluding hydrogens is 220 g/mol. The fourth-order valence-electron chi connectivity index (χ4n) is 1.25. The summed E-state index contributed by atoms with van der Waals surface area (Å²) in [5, 5.41) is 2.66. The quantitative estimate of drug-likeness (QED) is 0.758. The van der Waals surface area contributed by atoms with E-state index in [0.29, 0.717) is 18.8 Å². The molecule has 94 valence electrons. The van der Waals surface area contributed by atoms with Crippen LogP contribution in [-0.4, -0.2) is 32.2 Å². The topological polar surface area (TPSA) is 73.6 Å². The summed E-state index contributed by atoms with van der Waals surface area (Å²) in [6, 6.07) is 7.07. The summed E-state index contributed by atoms with van der Waals surface area (Å²) in [5.41, 5.74) is 5.29. The molecule has 0 saturated carbocycles. The van der Waals surface area contributed by atoms with E-state index < -0.39 is 6.10 Å². The zero-order valence-electron chi connectivity index (χ0n) is 10.1. The van der Waals surface area contributed by atoms with Gasteiger partial charge in [-0.05, 0) is 31.2 Å². The van der Waals surface area contributed by atoms with Gasteiger partial charge in [0.1, 0.15) is 11.5 Å². The molecule has 5 nitrogen and oxygen atoms in total. The average Bonchev–Trinajstić information content (AvgIpc) is 2.36. The van der Waals surface area contributed by atoms with Crippen LogP contribution < -0.4 is 20.5 Å². The minimum Gasteiger partial charge on any atom is -0.497 e. The van der Waals surface area contributed by atoms with Gasteiger partial charge in [0.25, 0.3) is 5.91 Å². The molecule has 0 spiro atoms. The minimum atomic E-state index is -0.546. The first-order chi connectivity index (χ1) is 8.17. The molecule has 0 fully saturated rings. The van der Waals surface area contributed by atoms with Crippen LogP contribution in [0.1, 0.15) is 6.92 Å². The summed E-state index contributed by atoms with van der Waals surface area (Å²) in [6.07, 6.45) is -0.546. The van der Waals surface area contributed by atoms with E-state index in [-0.39, 0.29) is 5.91 Å². The predicted molar refractivity (Wildman–Crippen MR) is 65.1 cm³/mol. The number of nitrogens with one attached hydrogen (secondary N) is 1. The molecule has 0 aromatic heterocycles. The molecule has 1 aromatic rings. The molecule has 5 heteroatoms. The molecule has 0 heterocycles. The van der Waals surface area contributed by atoms with E-state index in [1.165, 1.54) is 0 Å². The maximum absolute atomic E-state index is 11.5. The lowest BCUT2D eigenvalue weighted by Gasteiger charge is -2.14. The van der Waals surface area contributed by atoms with E-state index in [9.17, 15) is 4.79 Å². The first kappa shape index (κ1) is 13.3. The fraction of sp³-hybridized carbons (Fsp3) is 0.417. The molecule has 17 heavy (non-hydrogen) atoms. The number of benzene rings is 1. The molecule has 1 rings (SSSR count). The van der Waals surface area contributed by atoms with Gasteiger partial charge < -0.3 is 20.5 Å². The van der Waals surface area contributed by atoms with Gasteiger partial charge in [-0.1, -0.05) is 0 Å². The SMILES string of the molecule is COc1ccc(OC(C)C(=O)NCCN)cc1. The molecule has 0 radical (unpaired) electrons. The maximum atomic E-state index is 11.5. The summed E-state index contributed by atoms with van der Waals surface area (Å²) < 4.78 is 10.5. The Morgan fingerprint density at radius 3 is 2.47 bits per heavy atom. The van der Waals surface area contributed by atoms with Crippen molar-refractivity contribution in [2.75, 3.05) is 20.2 Å². The third kappa shape index (κ3) is 4.32. The molecule has 1 amide bonds. The Bertz CT molecular complexity index is 351. The number of ether oxygens (including phenoxy) is 2. The lowest BCUT2D eigenvalue weighted by molar-refractivity contribution is -0.127. The van der Waals surface area contributed by atoms with Gasteiger partial charge in [-0.2, -0.15) is 0 Å². The number of hydrogen-bond donors (Lipinski definition) is 2. The minimum absolute atomic E-state index is 0.175.